The van der Waals surface area contributed by atoms with Gasteiger partial charge in [-0.15, -0.1) is 0 Å². The quantitative estimate of drug-likeness (QED) is 0.344. The third-order valence-electron chi connectivity index (χ3n) is 6.05. The van der Waals surface area contributed by atoms with Crippen LogP contribution in [0.15, 0.2) is 89.7 Å². The monoisotopic (exact) mass is 477 g/mol. The summed E-state index contributed by atoms with van der Waals surface area (Å²) in [6.45, 7) is 1.93. The number of rotatable bonds is 4. The number of fused-ring (bicyclic) bond motifs is 2. The Morgan fingerprint density at radius 3 is 2.26 bits per heavy atom. The van der Waals surface area contributed by atoms with Gasteiger partial charge in [-0.1, -0.05) is 72.3 Å². The van der Waals surface area contributed by atoms with Gasteiger partial charge in [-0.2, -0.15) is 5.10 Å². The predicted octanol–water partition coefficient (Wildman–Crippen LogP) is 5.88. The van der Waals surface area contributed by atoms with E-state index in [2.05, 4.69) is 4.98 Å². The summed E-state index contributed by atoms with van der Waals surface area (Å²) in [4.78, 5) is 26.2. The van der Waals surface area contributed by atoms with Gasteiger partial charge in [-0.05, 0) is 42.3 Å². The normalized spacial score (nSPS) is 11.4. The molecule has 0 saturated heterocycles. The zero-order valence-electron chi connectivity index (χ0n) is 18.9. The van der Waals surface area contributed by atoms with E-state index in [-0.39, 0.29) is 5.56 Å². The summed E-state index contributed by atoms with van der Waals surface area (Å²) < 4.78 is 1.81. The summed E-state index contributed by atoms with van der Waals surface area (Å²) in [6.07, 6.45) is 0.499. The van der Waals surface area contributed by atoms with E-state index in [1.807, 2.05) is 96.5 Å². The van der Waals surface area contributed by atoms with Crippen molar-refractivity contribution >= 4 is 33.7 Å². The van der Waals surface area contributed by atoms with Gasteiger partial charge in [0, 0.05) is 17.0 Å². The number of nitrogens with zero attached hydrogens (tertiary/aromatic N) is 4. The number of H-pyrrole nitrogens is 1. The van der Waals surface area contributed by atoms with Crippen molar-refractivity contribution in [2.45, 2.75) is 13.3 Å². The number of aryl methyl sites for hydroxylation is 1. The molecule has 0 aliphatic carbocycles. The molecular weight excluding hydrogens is 458 g/mol. The topological polar surface area (TPSA) is 76.5 Å². The molecule has 0 saturated carbocycles. The summed E-state index contributed by atoms with van der Waals surface area (Å²) in [5.41, 5.74) is 5.12. The molecule has 0 atom stereocenters. The van der Waals surface area contributed by atoms with E-state index in [1.54, 1.807) is 0 Å². The Morgan fingerprint density at radius 2 is 1.54 bits per heavy atom. The van der Waals surface area contributed by atoms with Crippen LogP contribution >= 0.6 is 11.6 Å². The fraction of sp³-hybridized carbons (Fsp3) is 0.0714. The molecule has 1 N–H and O–H groups in total. The summed E-state index contributed by atoms with van der Waals surface area (Å²) in [6, 6.07) is 27.2. The van der Waals surface area contributed by atoms with E-state index < -0.39 is 0 Å². The first-order valence-corrected chi connectivity index (χ1v) is 11.6. The predicted molar refractivity (Wildman–Crippen MR) is 139 cm³/mol. The zero-order chi connectivity index (χ0) is 23.9. The fourth-order valence-electron chi connectivity index (χ4n) is 4.48. The number of benzene rings is 3. The lowest BCUT2D eigenvalue weighted by Gasteiger charge is -2.11. The van der Waals surface area contributed by atoms with Crippen molar-refractivity contribution in [1.82, 2.24) is 24.7 Å². The number of nitrogens with one attached hydrogen (secondary N) is 1. The minimum Gasteiger partial charge on any atom is -0.310 e. The molecule has 0 unspecified atom stereocenters. The van der Waals surface area contributed by atoms with Gasteiger partial charge in [0.2, 0.25) is 0 Å². The Bertz CT molecular complexity index is 1740. The van der Waals surface area contributed by atoms with Crippen molar-refractivity contribution < 1.29 is 0 Å². The SMILES string of the molecule is Cc1nn(-c2ccccc2)c2nc3nc(Cc4ccccc4)[nH]c(=O)c3c(-c3ccc(Cl)cc3)c12. The Kier molecular flexibility index (Phi) is 5.16. The molecule has 6 nitrogen and oxygen atoms in total. The molecule has 3 aromatic heterocycles. The van der Waals surface area contributed by atoms with Gasteiger partial charge in [0.05, 0.1) is 22.2 Å². The number of aromatic amines is 1. The Labute approximate surface area is 205 Å². The molecule has 0 fully saturated rings. The van der Waals surface area contributed by atoms with Gasteiger partial charge < -0.3 is 4.98 Å². The summed E-state index contributed by atoms with van der Waals surface area (Å²) in [7, 11) is 0. The summed E-state index contributed by atoms with van der Waals surface area (Å²) >= 11 is 6.17. The zero-order valence-corrected chi connectivity index (χ0v) is 19.6. The number of para-hydroxylation sites is 1. The van der Waals surface area contributed by atoms with Crippen LogP contribution in [0.25, 0.3) is 38.9 Å². The van der Waals surface area contributed by atoms with Crippen LogP contribution in [-0.4, -0.2) is 24.7 Å². The van der Waals surface area contributed by atoms with Crippen molar-refractivity contribution in [3.63, 3.8) is 0 Å². The van der Waals surface area contributed by atoms with Gasteiger partial charge in [0.1, 0.15) is 5.82 Å². The molecule has 0 aliphatic heterocycles. The minimum atomic E-state index is -0.229. The Balaban J connectivity index is 1.69. The van der Waals surface area contributed by atoms with Crippen molar-refractivity contribution in [1.29, 1.82) is 0 Å². The molecule has 7 heteroatoms. The highest BCUT2D eigenvalue weighted by atomic mass is 35.5. The van der Waals surface area contributed by atoms with Crippen LogP contribution in [-0.2, 0) is 6.42 Å². The number of hydrogen-bond acceptors (Lipinski definition) is 4. The van der Waals surface area contributed by atoms with Gasteiger partial charge >= 0.3 is 0 Å². The molecule has 3 heterocycles. The maximum atomic E-state index is 13.5. The molecular formula is C28H20ClN5O. The van der Waals surface area contributed by atoms with Crippen LogP contribution in [0, 0.1) is 6.92 Å². The van der Waals surface area contributed by atoms with Gasteiger partial charge in [-0.25, -0.2) is 14.6 Å². The average Bonchev–Trinajstić information content (AvgIpc) is 3.20. The van der Waals surface area contributed by atoms with Crippen molar-refractivity contribution in [3.05, 3.63) is 117 Å². The Hall–Kier alpha value is -4.29. The highest BCUT2D eigenvalue weighted by Gasteiger charge is 2.22. The summed E-state index contributed by atoms with van der Waals surface area (Å²) in [5, 5.41) is 6.67. The molecule has 0 aliphatic rings. The van der Waals surface area contributed by atoms with Gasteiger partial charge in [0.25, 0.3) is 5.56 Å². The first kappa shape index (κ1) is 21.3. The molecule has 170 valence electrons. The third kappa shape index (κ3) is 3.78. The van der Waals surface area contributed by atoms with Crippen LogP contribution < -0.4 is 5.56 Å². The highest BCUT2D eigenvalue weighted by Crippen LogP contribution is 2.36. The van der Waals surface area contributed by atoms with E-state index in [0.717, 1.165) is 33.5 Å². The molecule has 6 aromatic rings. The van der Waals surface area contributed by atoms with Crippen LogP contribution in [0.1, 0.15) is 17.1 Å². The number of pyridine rings is 1. The number of hydrogen-bond donors (Lipinski definition) is 1. The number of halogens is 1. The van der Waals surface area contributed by atoms with Crippen LogP contribution in [0.3, 0.4) is 0 Å². The largest absolute Gasteiger partial charge is 0.310 e. The third-order valence-corrected chi connectivity index (χ3v) is 6.30. The van der Waals surface area contributed by atoms with Crippen LogP contribution in [0.5, 0.6) is 0 Å². The van der Waals surface area contributed by atoms with E-state index in [1.165, 1.54) is 0 Å². The molecule has 0 radical (unpaired) electrons. The van der Waals surface area contributed by atoms with Crippen molar-refractivity contribution in [2.24, 2.45) is 0 Å². The van der Waals surface area contributed by atoms with Crippen molar-refractivity contribution in [2.75, 3.05) is 0 Å². The molecule has 35 heavy (non-hydrogen) atoms. The lowest BCUT2D eigenvalue weighted by Crippen LogP contribution is -2.14. The maximum Gasteiger partial charge on any atom is 0.261 e. The second-order valence-corrected chi connectivity index (χ2v) is 8.84. The van der Waals surface area contributed by atoms with Gasteiger partial charge in [-0.3, -0.25) is 4.79 Å². The minimum absolute atomic E-state index is 0.229. The molecule has 0 spiro atoms. The van der Waals surface area contributed by atoms with E-state index >= 15 is 0 Å². The highest BCUT2D eigenvalue weighted by molar-refractivity contribution is 6.30. The Morgan fingerprint density at radius 1 is 0.857 bits per heavy atom. The standard InChI is InChI=1S/C28H20ClN5O/c1-17-23-24(19-12-14-20(29)15-13-19)25-26(32-27(23)34(33-17)21-10-6-3-7-11-21)30-22(31-28(25)35)16-18-8-4-2-5-9-18/h2-15H,16H2,1H3,(H,30,31,32,35). The molecule has 6 rings (SSSR count). The van der Waals surface area contributed by atoms with Gasteiger partial charge in [0.15, 0.2) is 11.3 Å². The smallest absolute Gasteiger partial charge is 0.261 e. The van der Waals surface area contributed by atoms with E-state index in [4.69, 9.17) is 26.7 Å². The van der Waals surface area contributed by atoms with E-state index in [9.17, 15) is 4.79 Å². The summed E-state index contributed by atoms with van der Waals surface area (Å²) in [5.74, 6) is 0.560. The maximum absolute atomic E-state index is 13.5. The average molecular weight is 478 g/mol. The van der Waals surface area contributed by atoms with Crippen LogP contribution in [0.2, 0.25) is 5.02 Å². The van der Waals surface area contributed by atoms with Crippen molar-refractivity contribution in [3.8, 4) is 16.8 Å². The molecule has 3 aromatic carbocycles. The lowest BCUT2D eigenvalue weighted by atomic mass is 9.99. The van der Waals surface area contributed by atoms with E-state index in [0.29, 0.717) is 33.9 Å². The fourth-order valence-corrected chi connectivity index (χ4v) is 4.60. The molecule has 0 bridgehead atoms. The lowest BCUT2D eigenvalue weighted by molar-refractivity contribution is 0.877. The second-order valence-electron chi connectivity index (χ2n) is 8.40. The van der Waals surface area contributed by atoms with Crippen LogP contribution in [0.4, 0.5) is 0 Å². The number of aromatic nitrogens is 5. The first-order valence-electron chi connectivity index (χ1n) is 11.3. The molecule has 0 amide bonds. The second kappa shape index (κ2) is 8.49. The first-order chi connectivity index (χ1) is 17.1.